The molecule has 2 aromatic heterocycles. The van der Waals surface area contributed by atoms with Gasteiger partial charge in [-0.2, -0.15) is 0 Å². The number of allylic oxidation sites excluding steroid dienone is 2. The number of carbonyl (C=O) groups excluding carboxylic acids is 1. The topological polar surface area (TPSA) is 71.3 Å². The lowest BCUT2D eigenvalue weighted by Crippen LogP contribution is -2.29. The first-order valence-electron chi connectivity index (χ1n) is 16.5. The van der Waals surface area contributed by atoms with E-state index in [1.165, 1.54) is 24.8 Å². The van der Waals surface area contributed by atoms with Crippen molar-refractivity contribution in [3.63, 3.8) is 0 Å². The van der Waals surface area contributed by atoms with Crippen LogP contribution in [-0.4, -0.2) is 34.2 Å². The molecule has 47 heavy (non-hydrogen) atoms. The summed E-state index contributed by atoms with van der Waals surface area (Å²) in [6.45, 7) is 11.4. The van der Waals surface area contributed by atoms with Gasteiger partial charge in [0.25, 0.3) is 0 Å². The Hall–Kier alpha value is -4.52. The number of carbonyl (C=O) groups is 1. The smallest absolute Gasteiger partial charge is 0.227 e. The molecular weight excluding hydrogens is 604 g/mol. The van der Waals surface area contributed by atoms with Crippen molar-refractivity contribution in [2.75, 3.05) is 18.4 Å². The number of aldehydes is 1. The van der Waals surface area contributed by atoms with E-state index in [9.17, 15) is 4.79 Å². The van der Waals surface area contributed by atoms with Crippen LogP contribution in [0.25, 0.3) is 45.5 Å². The highest BCUT2D eigenvalue weighted by atomic mass is 35.5. The van der Waals surface area contributed by atoms with E-state index in [2.05, 4.69) is 84.5 Å². The fraction of sp³-hybridized carbons (Fsp3) is 0.275. The van der Waals surface area contributed by atoms with Gasteiger partial charge in [0, 0.05) is 35.1 Å². The van der Waals surface area contributed by atoms with Crippen molar-refractivity contribution in [1.82, 2.24) is 14.9 Å². The van der Waals surface area contributed by atoms with Crippen LogP contribution in [0.1, 0.15) is 77.8 Å². The lowest BCUT2D eigenvalue weighted by Gasteiger charge is -2.26. The van der Waals surface area contributed by atoms with Gasteiger partial charge in [-0.05, 0) is 111 Å². The number of benzene rings is 3. The van der Waals surface area contributed by atoms with Crippen LogP contribution in [0.3, 0.4) is 0 Å². The van der Waals surface area contributed by atoms with Gasteiger partial charge in [0.15, 0.2) is 11.9 Å². The fourth-order valence-electron chi connectivity index (χ4n) is 6.50. The van der Waals surface area contributed by atoms with E-state index in [1.807, 2.05) is 31.2 Å². The largest absolute Gasteiger partial charge is 0.434 e. The maximum absolute atomic E-state index is 11.4. The Morgan fingerprint density at radius 3 is 2.49 bits per heavy atom. The number of rotatable bonds is 10. The number of nitrogens with zero attached hydrogens (tertiary/aromatic N) is 3. The second-order valence-corrected chi connectivity index (χ2v) is 12.6. The molecule has 0 aliphatic carbocycles. The number of fused-ring (bicyclic) bond motifs is 1. The van der Waals surface area contributed by atoms with Gasteiger partial charge in [-0.25, -0.2) is 4.98 Å². The van der Waals surface area contributed by atoms with Crippen LogP contribution < -0.4 is 5.32 Å². The van der Waals surface area contributed by atoms with Crippen LogP contribution in [0.4, 0.5) is 5.69 Å². The van der Waals surface area contributed by atoms with Crippen LogP contribution in [0.5, 0.6) is 0 Å². The predicted octanol–water partition coefficient (Wildman–Crippen LogP) is 10.5. The molecule has 0 saturated carbocycles. The van der Waals surface area contributed by atoms with Crippen molar-refractivity contribution in [3.05, 3.63) is 111 Å². The molecule has 1 saturated heterocycles. The summed E-state index contributed by atoms with van der Waals surface area (Å²) in [6.07, 6.45) is 13.1. The standard InChI is InChI=1S/C40H41ClN4O2/c1-5-12-30-20-29(25-46)23-42-38(30)36(13-6-2)43-35-17-11-15-32(27(35)4)31-14-10-16-33(26(31)3)40-44-37-22-28(21-34(41)39(37)47-40)24-45-18-8-7-9-19-45/h5,10-17,20-23,25,43H,6-9,18-19,24H2,1-4H3/b12-5-,36-13-. The average molecular weight is 645 g/mol. The molecule has 3 aromatic carbocycles. The first-order valence-corrected chi connectivity index (χ1v) is 16.8. The van der Waals surface area contributed by atoms with Crippen LogP contribution in [-0.2, 0) is 6.54 Å². The number of aromatic nitrogens is 2. The zero-order chi connectivity index (χ0) is 32.9. The lowest BCUT2D eigenvalue weighted by molar-refractivity contribution is 0.112. The minimum absolute atomic E-state index is 0.547. The van der Waals surface area contributed by atoms with E-state index in [1.54, 1.807) is 6.20 Å². The molecule has 1 aliphatic heterocycles. The van der Waals surface area contributed by atoms with Gasteiger partial charge in [0.1, 0.15) is 5.52 Å². The van der Waals surface area contributed by atoms with E-state index < -0.39 is 0 Å². The first kappa shape index (κ1) is 32.4. The van der Waals surface area contributed by atoms with Crippen molar-refractivity contribution in [1.29, 1.82) is 0 Å². The Labute approximate surface area is 282 Å². The summed E-state index contributed by atoms with van der Waals surface area (Å²) >= 11 is 6.75. The number of piperidine rings is 1. The second-order valence-electron chi connectivity index (χ2n) is 12.2. The maximum Gasteiger partial charge on any atom is 0.227 e. The Balaban J connectivity index is 1.33. The molecule has 0 unspecified atom stereocenters. The summed E-state index contributed by atoms with van der Waals surface area (Å²) in [4.78, 5) is 23.5. The van der Waals surface area contributed by atoms with E-state index >= 15 is 0 Å². The molecule has 1 aliphatic rings. The predicted molar refractivity (Wildman–Crippen MR) is 195 cm³/mol. The molecular formula is C40H41ClN4O2. The monoisotopic (exact) mass is 644 g/mol. The van der Waals surface area contributed by atoms with Crippen molar-refractivity contribution in [3.8, 4) is 22.6 Å². The van der Waals surface area contributed by atoms with Gasteiger partial charge in [-0.3, -0.25) is 14.7 Å². The average Bonchev–Trinajstić information content (AvgIpc) is 3.51. The van der Waals surface area contributed by atoms with Gasteiger partial charge in [-0.1, -0.05) is 67.4 Å². The van der Waals surface area contributed by atoms with Crippen molar-refractivity contribution < 1.29 is 9.21 Å². The zero-order valence-electron chi connectivity index (χ0n) is 27.6. The van der Waals surface area contributed by atoms with Crippen LogP contribution in [0.15, 0.2) is 77.4 Å². The van der Waals surface area contributed by atoms with Crippen LogP contribution >= 0.6 is 11.6 Å². The summed E-state index contributed by atoms with van der Waals surface area (Å²) in [6, 6.07) is 18.6. The Kier molecular flexibility index (Phi) is 10.00. The molecule has 1 N–H and O–H groups in total. The number of nitrogens with one attached hydrogen (secondary N) is 1. The quantitative estimate of drug-likeness (QED) is 0.153. The van der Waals surface area contributed by atoms with E-state index in [0.717, 1.165) is 88.3 Å². The van der Waals surface area contributed by atoms with Gasteiger partial charge < -0.3 is 9.73 Å². The summed E-state index contributed by atoms with van der Waals surface area (Å²) in [5, 5.41) is 4.26. The molecule has 7 heteroatoms. The number of hydrogen-bond donors (Lipinski definition) is 1. The number of anilines is 1. The van der Waals surface area contributed by atoms with E-state index in [4.69, 9.17) is 21.0 Å². The SMILES string of the molecule is C/C=C\c1cc(C=O)cnc1/C(=C/CC)Nc1cccc(-c2cccc(-c3nc4cc(CN5CCCCC5)cc(Cl)c4o3)c2C)c1C. The third-order valence-electron chi connectivity index (χ3n) is 8.90. The van der Waals surface area contributed by atoms with Crippen molar-refractivity contribution in [2.24, 2.45) is 0 Å². The molecule has 0 atom stereocenters. The lowest BCUT2D eigenvalue weighted by atomic mass is 9.92. The number of likely N-dealkylation sites (tertiary alicyclic amines) is 1. The molecule has 0 amide bonds. The summed E-state index contributed by atoms with van der Waals surface area (Å²) in [7, 11) is 0. The third-order valence-corrected chi connectivity index (χ3v) is 9.18. The molecule has 240 valence electrons. The highest BCUT2D eigenvalue weighted by molar-refractivity contribution is 6.34. The molecule has 1 fully saturated rings. The van der Waals surface area contributed by atoms with Gasteiger partial charge in [0.05, 0.1) is 16.4 Å². The summed E-state index contributed by atoms with van der Waals surface area (Å²) < 4.78 is 6.32. The molecule has 0 bridgehead atoms. The number of oxazole rings is 1. The Bertz CT molecular complexity index is 1980. The zero-order valence-corrected chi connectivity index (χ0v) is 28.3. The summed E-state index contributed by atoms with van der Waals surface area (Å²) in [5.41, 5.74) is 12.0. The van der Waals surface area contributed by atoms with Crippen LogP contribution in [0, 0.1) is 13.8 Å². The highest BCUT2D eigenvalue weighted by Gasteiger charge is 2.19. The number of halogens is 1. The van der Waals surface area contributed by atoms with Gasteiger partial charge in [0.2, 0.25) is 5.89 Å². The highest BCUT2D eigenvalue weighted by Crippen LogP contribution is 2.38. The van der Waals surface area contributed by atoms with E-state index in [0.29, 0.717) is 22.1 Å². The first-order chi connectivity index (χ1) is 22.9. The molecule has 0 spiro atoms. The van der Waals surface area contributed by atoms with Crippen molar-refractivity contribution >= 4 is 46.4 Å². The molecule has 6 nitrogen and oxygen atoms in total. The third kappa shape index (κ3) is 6.95. The molecule has 5 aromatic rings. The van der Waals surface area contributed by atoms with Gasteiger partial charge >= 0.3 is 0 Å². The number of pyridine rings is 1. The van der Waals surface area contributed by atoms with E-state index in [-0.39, 0.29) is 0 Å². The molecule has 3 heterocycles. The fourth-order valence-corrected chi connectivity index (χ4v) is 6.78. The molecule has 0 radical (unpaired) electrons. The summed E-state index contributed by atoms with van der Waals surface area (Å²) in [5.74, 6) is 0.567. The van der Waals surface area contributed by atoms with Gasteiger partial charge in [-0.15, -0.1) is 0 Å². The molecule has 6 rings (SSSR count). The maximum atomic E-state index is 11.4. The Morgan fingerprint density at radius 1 is 1.00 bits per heavy atom. The Morgan fingerprint density at radius 2 is 1.74 bits per heavy atom. The normalized spacial score (nSPS) is 14.3. The minimum Gasteiger partial charge on any atom is -0.434 e. The van der Waals surface area contributed by atoms with Crippen molar-refractivity contribution in [2.45, 2.75) is 59.9 Å². The van der Waals surface area contributed by atoms with Crippen LogP contribution in [0.2, 0.25) is 5.02 Å². The minimum atomic E-state index is 0.547. The number of hydrogen-bond acceptors (Lipinski definition) is 6. The second kappa shape index (κ2) is 14.5.